The number of nitrogens with zero attached hydrogens (tertiary/aromatic N) is 5. The van der Waals surface area contributed by atoms with Crippen molar-refractivity contribution in [2.45, 2.75) is 25.7 Å². The van der Waals surface area contributed by atoms with Crippen LogP contribution in [0.3, 0.4) is 0 Å². The summed E-state index contributed by atoms with van der Waals surface area (Å²) in [6.07, 6.45) is 5.35. The Morgan fingerprint density at radius 2 is 1.97 bits per heavy atom. The highest BCUT2D eigenvalue weighted by Crippen LogP contribution is 2.28. The van der Waals surface area contributed by atoms with Crippen LogP contribution >= 0.6 is 0 Å². The van der Waals surface area contributed by atoms with E-state index in [1.54, 1.807) is 35.0 Å². The van der Waals surface area contributed by atoms with Gasteiger partial charge in [0.2, 0.25) is 5.91 Å². The van der Waals surface area contributed by atoms with Gasteiger partial charge in [-0.25, -0.2) is 9.50 Å². The number of hydrogen-bond acceptors (Lipinski definition) is 5. The van der Waals surface area contributed by atoms with Gasteiger partial charge in [0.1, 0.15) is 5.69 Å². The maximum atomic E-state index is 13.3. The summed E-state index contributed by atoms with van der Waals surface area (Å²) < 4.78 is 1.60. The lowest BCUT2D eigenvalue weighted by atomic mass is 9.93. The van der Waals surface area contributed by atoms with Gasteiger partial charge in [0, 0.05) is 53.8 Å². The number of likely N-dealkylation sites (tertiary alicyclic amines) is 1. The van der Waals surface area contributed by atoms with E-state index in [1.165, 1.54) is 0 Å². The topological polar surface area (TPSA) is 106 Å². The molecular formula is C25H24N6O2. The van der Waals surface area contributed by atoms with Gasteiger partial charge >= 0.3 is 0 Å². The number of aromatic nitrogens is 4. The van der Waals surface area contributed by atoms with Crippen LogP contribution in [0.15, 0.2) is 60.9 Å². The van der Waals surface area contributed by atoms with E-state index in [4.69, 9.17) is 10.7 Å². The van der Waals surface area contributed by atoms with Crippen LogP contribution in [-0.2, 0) is 0 Å². The van der Waals surface area contributed by atoms with Gasteiger partial charge in [-0.05, 0) is 49.6 Å². The van der Waals surface area contributed by atoms with Gasteiger partial charge in [-0.2, -0.15) is 5.10 Å². The molecule has 4 aromatic rings. The minimum absolute atomic E-state index is 0.0428. The number of carbonyl (C=O) groups is 2. The van der Waals surface area contributed by atoms with Crippen LogP contribution in [0.25, 0.3) is 16.8 Å². The molecule has 0 saturated carbocycles. The van der Waals surface area contributed by atoms with Crippen LogP contribution in [0.1, 0.15) is 51.0 Å². The normalized spacial score (nSPS) is 16.2. The molecule has 0 radical (unpaired) electrons. The molecule has 5 rings (SSSR count). The Labute approximate surface area is 191 Å². The third-order valence-corrected chi connectivity index (χ3v) is 6.10. The summed E-state index contributed by atoms with van der Waals surface area (Å²) in [5, 5.41) is 4.27. The largest absolute Gasteiger partial charge is 0.366 e. The first kappa shape index (κ1) is 20.8. The predicted molar refractivity (Wildman–Crippen MR) is 124 cm³/mol. The maximum Gasteiger partial charge on any atom is 0.272 e. The fourth-order valence-corrected chi connectivity index (χ4v) is 4.43. The number of carbonyl (C=O) groups excluding carboxylic acids is 2. The Balaban J connectivity index is 1.35. The van der Waals surface area contributed by atoms with Crippen LogP contribution in [0, 0.1) is 6.92 Å². The van der Waals surface area contributed by atoms with E-state index in [1.807, 2.05) is 42.3 Å². The van der Waals surface area contributed by atoms with Gasteiger partial charge in [-0.15, -0.1) is 0 Å². The number of pyridine rings is 1. The van der Waals surface area contributed by atoms with E-state index in [-0.39, 0.29) is 11.8 Å². The van der Waals surface area contributed by atoms with Crippen molar-refractivity contribution in [3.63, 3.8) is 0 Å². The second-order valence-electron chi connectivity index (χ2n) is 8.39. The molecule has 3 aromatic heterocycles. The SMILES string of the molecule is Cc1cc(C(=O)N2CCC[C@H](c3ccc(-c4cccc(C(N)=O)c4)cn3)C2)n2nccc2n1. The summed E-state index contributed by atoms with van der Waals surface area (Å²) >= 11 is 0. The highest BCUT2D eigenvalue weighted by Gasteiger charge is 2.28. The smallest absolute Gasteiger partial charge is 0.272 e. The molecule has 0 aliphatic carbocycles. The average molecular weight is 441 g/mol. The number of benzene rings is 1. The van der Waals surface area contributed by atoms with E-state index in [0.29, 0.717) is 30.0 Å². The minimum Gasteiger partial charge on any atom is -0.366 e. The number of amides is 2. The molecule has 8 nitrogen and oxygen atoms in total. The monoisotopic (exact) mass is 440 g/mol. The predicted octanol–water partition coefficient (Wildman–Crippen LogP) is 3.22. The highest BCUT2D eigenvalue weighted by molar-refractivity contribution is 5.94. The lowest BCUT2D eigenvalue weighted by Gasteiger charge is -2.32. The summed E-state index contributed by atoms with van der Waals surface area (Å²) in [6, 6.07) is 14.8. The number of fused-ring (bicyclic) bond motifs is 1. The second kappa shape index (κ2) is 8.46. The van der Waals surface area contributed by atoms with E-state index in [9.17, 15) is 9.59 Å². The van der Waals surface area contributed by atoms with E-state index < -0.39 is 5.91 Å². The molecule has 2 amide bonds. The molecule has 1 atom stereocenters. The molecule has 1 aliphatic heterocycles. The van der Waals surface area contributed by atoms with Gasteiger partial charge in [0.05, 0.1) is 6.20 Å². The molecule has 33 heavy (non-hydrogen) atoms. The Morgan fingerprint density at radius 3 is 2.76 bits per heavy atom. The Hall–Kier alpha value is -4.07. The number of rotatable bonds is 4. The van der Waals surface area contributed by atoms with Crippen LogP contribution < -0.4 is 5.73 Å². The van der Waals surface area contributed by atoms with Crippen molar-refractivity contribution in [1.82, 2.24) is 24.5 Å². The third-order valence-electron chi connectivity index (χ3n) is 6.10. The first-order chi connectivity index (χ1) is 16.0. The number of hydrogen-bond donors (Lipinski definition) is 1. The second-order valence-corrected chi connectivity index (χ2v) is 8.39. The van der Waals surface area contributed by atoms with E-state index in [2.05, 4.69) is 10.1 Å². The molecule has 0 bridgehead atoms. The Kier molecular flexibility index (Phi) is 5.34. The molecule has 166 valence electrons. The first-order valence-corrected chi connectivity index (χ1v) is 11.0. The third kappa shape index (κ3) is 4.07. The highest BCUT2D eigenvalue weighted by atomic mass is 16.2. The molecular weight excluding hydrogens is 416 g/mol. The standard InChI is InChI=1S/C25H24N6O2/c1-16-12-22(31-23(29-16)9-10-28-31)25(33)30-11-3-6-20(15-30)21-8-7-19(14-27-21)17-4-2-5-18(13-17)24(26)32/h2,4-5,7-10,12-14,20H,3,6,11,15H2,1H3,(H2,26,32)/t20-/m0/s1. The summed E-state index contributed by atoms with van der Waals surface area (Å²) in [6.45, 7) is 3.19. The first-order valence-electron chi connectivity index (χ1n) is 11.0. The van der Waals surface area contributed by atoms with Gasteiger partial charge in [0.15, 0.2) is 5.65 Å². The number of aryl methyl sites for hydroxylation is 1. The van der Waals surface area contributed by atoms with Crippen molar-refractivity contribution in [3.05, 3.63) is 83.6 Å². The molecule has 4 heterocycles. The van der Waals surface area contributed by atoms with Crippen molar-refractivity contribution in [3.8, 4) is 11.1 Å². The molecule has 1 saturated heterocycles. The fourth-order valence-electron chi connectivity index (χ4n) is 4.43. The maximum absolute atomic E-state index is 13.3. The summed E-state index contributed by atoms with van der Waals surface area (Å²) in [4.78, 5) is 35.8. The average Bonchev–Trinajstić information content (AvgIpc) is 3.32. The lowest BCUT2D eigenvalue weighted by Crippen LogP contribution is -2.40. The van der Waals surface area contributed by atoms with Crippen molar-refractivity contribution in [1.29, 1.82) is 0 Å². The van der Waals surface area contributed by atoms with Crippen LogP contribution in [-0.4, -0.2) is 49.4 Å². The van der Waals surface area contributed by atoms with Crippen molar-refractivity contribution < 1.29 is 9.59 Å². The summed E-state index contributed by atoms with van der Waals surface area (Å²) in [5.41, 5.74) is 10.6. The van der Waals surface area contributed by atoms with Crippen molar-refractivity contribution in [2.75, 3.05) is 13.1 Å². The zero-order valence-electron chi connectivity index (χ0n) is 18.3. The van der Waals surface area contributed by atoms with Crippen molar-refractivity contribution >= 4 is 17.5 Å². The summed E-state index contributed by atoms with van der Waals surface area (Å²) in [5.74, 6) is -0.339. The van der Waals surface area contributed by atoms with E-state index >= 15 is 0 Å². The van der Waals surface area contributed by atoms with Crippen molar-refractivity contribution in [2.24, 2.45) is 5.73 Å². The number of piperidine rings is 1. The van der Waals surface area contributed by atoms with Crippen LogP contribution in [0.5, 0.6) is 0 Å². The van der Waals surface area contributed by atoms with Gasteiger partial charge in [-0.3, -0.25) is 14.6 Å². The zero-order valence-corrected chi connectivity index (χ0v) is 18.3. The van der Waals surface area contributed by atoms with E-state index in [0.717, 1.165) is 35.4 Å². The summed E-state index contributed by atoms with van der Waals surface area (Å²) in [7, 11) is 0. The van der Waals surface area contributed by atoms with Crippen LogP contribution in [0.2, 0.25) is 0 Å². The number of nitrogens with two attached hydrogens (primary N) is 1. The fraction of sp³-hybridized carbons (Fsp3) is 0.240. The Bertz CT molecular complexity index is 1340. The molecule has 0 spiro atoms. The van der Waals surface area contributed by atoms with Gasteiger partial charge in [0.25, 0.3) is 5.91 Å². The quantitative estimate of drug-likeness (QED) is 0.524. The lowest BCUT2D eigenvalue weighted by molar-refractivity contribution is 0.0696. The van der Waals surface area contributed by atoms with Gasteiger partial charge < -0.3 is 10.6 Å². The van der Waals surface area contributed by atoms with Gasteiger partial charge in [-0.1, -0.05) is 18.2 Å². The zero-order chi connectivity index (χ0) is 22.9. The Morgan fingerprint density at radius 1 is 1.09 bits per heavy atom. The number of primary amides is 1. The minimum atomic E-state index is -0.454. The molecule has 1 aromatic carbocycles. The molecule has 0 unspecified atom stereocenters. The molecule has 1 fully saturated rings. The van der Waals surface area contributed by atoms with Crippen LogP contribution in [0.4, 0.5) is 0 Å². The molecule has 1 aliphatic rings. The molecule has 2 N–H and O–H groups in total. The molecule has 8 heteroatoms.